The van der Waals surface area contributed by atoms with Gasteiger partial charge in [0.2, 0.25) is 5.91 Å². The van der Waals surface area contributed by atoms with Crippen LogP contribution in [-0.2, 0) is 4.79 Å². The fourth-order valence-corrected chi connectivity index (χ4v) is 4.70. The van der Waals surface area contributed by atoms with E-state index in [9.17, 15) is 4.79 Å². The van der Waals surface area contributed by atoms with Crippen LogP contribution in [0, 0.1) is 11.3 Å². The van der Waals surface area contributed by atoms with Crippen molar-refractivity contribution in [2.45, 2.75) is 57.0 Å². The van der Waals surface area contributed by atoms with Gasteiger partial charge in [0.05, 0.1) is 5.41 Å². The van der Waals surface area contributed by atoms with Crippen LogP contribution in [0.4, 0.5) is 0 Å². The molecule has 0 aromatic carbocycles. The standard InChI is InChI=1S/C16H27N3O.2ClH/c20-15(16-7-2-1-3-12(16)9-17-11-16)18-13-6-8-19(10-13)14-4-5-14;;/h12-14,17H,1-11H2,(H,18,20);2*1H/t12-,13?,16+;;/m0../s1. The zero-order valence-electron chi connectivity index (χ0n) is 13.2. The molecular formula is C16H29Cl2N3O. The molecule has 2 aliphatic carbocycles. The molecule has 4 aliphatic rings. The minimum absolute atomic E-state index is 0. The molecule has 0 bridgehead atoms. The molecule has 0 radical (unpaired) electrons. The first kappa shape index (κ1) is 18.3. The van der Waals surface area contributed by atoms with Crippen LogP contribution in [0.5, 0.6) is 0 Å². The summed E-state index contributed by atoms with van der Waals surface area (Å²) in [6.07, 6.45) is 8.75. The third kappa shape index (κ3) is 3.26. The van der Waals surface area contributed by atoms with Crippen molar-refractivity contribution >= 4 is 30.7 Å². The molecule has 6 heteroatoms. The summed E-state index contributed by atoms with van der Waals surface area (Å²) in [4.78, 5) is 15.5. The van der Waals surface area contributed by atoms with E-state index in [0.29, 0.717) is 17.9 Å². The molecule has 4 nitrogen and oxygen atoms in total. The number of fused-ring (bicyclic) bond motifs is 1. The van der Waals surface area contributed by atoms with Gasteiger partial charge in [-0.2, -0.15) is 0 Å². The Morgan fingerprint density at radius 3 is 2.73 bits per heavy atom. The Morgan fingerprint density at radius 1 is 1.14 bits per heavy atom. The number of halogens is 2. The molecule has 22 heavy (non-hydrogen) atoms. The molecule has 1 amide bonds. The lowest BCUT2D eigenvalue weighted by Crippen LogP contribution is -2.51. The lowest BCUT2D eigenvalue weighted by molar-refractivity contribution is -0.134. The van der Waals surface area contributed by atoms with Crippen molar-refractivity contribution in [3.8, 4) is 0 Å². The van der Waals surface area contributed by atoms with Gasteiger partial charge in [0.25, 0.3) is 0 Å². The highest BCUT2D eigenvalue weighted by Crippen LogP contribution is 2.44. The molecule has 0 spiro atoms. The van der Waals surface area contributed by atoms with Crippen LogP contribution in [0.2, 0.25) is 0 Å². The van der Waals surface area contributed by atoms with Gasteiger partial charge in [-0.25, -0.2) is 0 Å². The Balaban J connectivity index is 0.000000882. The van der Waals surface area contributed by atoms with Gasteiger partial charge in [-0.3, -0.25) is 9.69 Å². The number of carbonyl (C=O) groups is 1. The van der Waals surface area contributed by atoms with E-state index in [-0.39, 0.29) is 30.2 Å². The van der Waals surface area contributed by atoms with Gasteiger partial charge in [0.15, 0.2) is 0 Å². The summed E-state index contributed by atoms with van der Waals surface area (Å²) in [6.45, 7) is 4.23. The second-order valence-electron chi connectivity index (χ2n) is 7.41. The minimum atomic E-state index is -0.0781. The van der Waals surface area contributed by atoms with E-state index in [1.165, 1.54) is 38.6 Å². The Morgan fingerprint density at radius 2 is 1.95 bits per heavy atom. The van der Waals surface area contributed by atoms with Gasteiger partial charge in [-0.05, 0) is 44.6 Å². The molecule has 128 valence electrons. The Labute approximate surface area is 146 Å². The topological polar surface area (TPSA) is 44.4 Å². The number of likely N-dealkylation sites (tertiary alicyclic amines) is 1. The van der Waals surface area contributed by atoms with E-state index in [4.69, 9.17) is 0 Å². The van der Waals surface area contributed by atoms with Crippen LogP contribution in [0.3, 0.4) is 0 Å². The van der Waals surface area contributed by atoms with Crippen molar-refractivity contribution < 1.29 is 4.79 Å². The van der Waals surface area contributed by atoms with Crippen molar-refractivity contribution in [2.24, 2.45) is 11.3 Å². The highest BCUT2D eigenvalue weighted by Gasteiger charge is 2.50. The minimum Gasteiger partial charge on any atom is -0.351 e. The summed E-state index contributed by atoms with van der Waals surface area (Å²) in [7, 11) is 0. The predicted molar refractivity (Wildman–Crippen MR) is 92.9 cm³/mol. The van der Waals surface area contributed by atoms with Gasteiger partial charge >= 0.3 is 0 Å². The van der Waals surface area contributed by atoms with Crippen LogP contribution in [0.1, 0.15) is 44.9 Å². The van der Waals surface area contributed by atoms with Gasteiger partial charge in [0.1, 0.15) is 0 Å². The highest BCUT2D eigenvalue weighted by atomic mass is 35.5. The van der Waals surface area contributed by atoms with Crippen LogP contribution in [0.25, 0.3) is 0 Å². The van der Waals surface area contributed by atoms with E-state index < -0.39 is 0 Å². The summed E-state index contributed by atoms with van der Waals surface area (Å²) < 4.78 is 0. The lowest BCUT2D eigenvalue weighted by Gasteiger charge is -2.37. The van der Waals surface area contributed by atoms with Gasteiger partial charge in [-0.1, -0.05) is 12.8 Å². The molecular weight excluding hydrogens is 321 g/mol. The first-order chi connectivity index (χ1) is 9.78. The summed E-state index contributed by atoms with van der Waals surface area (Å²) in [5.41, 5.74) is -0.0781. The van der Waals surface area contributed by atoms with E-state index in [1.54, 1.807) is 0 Å². The maximum absolute atomic E-state index is 12.9. The normalized spacial score (nSPS) is 37.8. The number of rotatable bonds is 3. The number of nitrogens with zero attached hydrogens (tertiary/aromatic N) is 1. The molecule has 2 N–H and O–H groups in total. The summed E-state index contributed by atoms with van der Waals surface area (Å²) >= 11 is 0. The maximum Gasteiger partial charge on any atom is 0.228 e. The number of nitrogens with one attached hydrogen (secondary N) is 2. The summed E-state index contributed by atoms with van der Waals surface area (Å²) in [5.74, 6) is 0.937. The Kier molecular flexibility index (Phi) is 6.03. The van der Waals surface area contributed by atoms with Gasteiger partial charge < -0.3 is 10.6 Å². The maximum atomic E-state index is 12.9. The first-order valence-electron chi connectivity index (χ1n) is 8.54. The zero-order valence-corrected chi connectivity index (χ0v) is 14.8. The molecule has 4 rings (SSSR count). The fourth-order valence-electron chi connectivity index (χ4n) is 4.70. The SMILES string of the molecule is Cl.Cl.O=C(NC1CCN(C2CC2)C1)[C@@]12CCCC[C@H]1CNC2. The Bertz CT molecular complexity index is 405. The van der Waals surface area contributed by atoms with Crippen LogP contribution >= 0.6 is 24.8 Å². The first-order valence-corrected chi connectivity index (χ1v) is 8.54. The molecule has 0 aromatic heterocycles. The lowest BCUT2D eigenvalue weighted by atomic mass is 9.67. The van der Waals surface area contributed by atoms with Crippen LogP contribution in [-0.4, -0.2) is 49.1 Å². The second-order valence-corrected chi connectivity index (χ2v) is 7.41. The predicted octanol–water partition coefficient (Wildman–Crippen LogP) is 1.96. The van der Waals surface area contributed by atoms with Crippen LogP contribution in [0.15, 0.2) is 0 Å². The average Bonchev–Trinajstić information content (AvgIpc) is 3.04. The van der Waals surface area contributed by atoms with Crippen LogP contribution < -0.4 is 10.6 Å². The molecule has 1 unspecified atom stereocenters. The van der Waals surface area contributed by atoms with Crippen molar-refractivity contribution in [3.05, 3.63) is 0 Å². The second kappa shape index (κ2) is 7.25. The van der Waals surface area contributed by atoms with Crippen molar-refractivity contribution in [3.63, 3.8) is 0 Å². The number of carbonyl (C=O) groups excluding carboxylic acids is 1. The number of amides is 1. The molecule has 0 aromatic rings. The van der Waals surface area contributed by atoms with Crippen molar-refractivity contribution in [2.75, 3.05) is 26.2 Å². The van der Waals surface area contributed by atoms with Crippen molar-refractivity contribution in [1.82, 2.24) is 15.5 Å². The summed E-state index contributed by atoms with van der Waals surface area (Å²) in [6, 6.07) is 1.24. The number of hydrogen-bond donors (Lipinski definition) is 2. The molecule has 4 fully saturated rings. The fraction of sp³-hybridized carbons (Fsp3) is 0.938. The van der Waals surface area contributed by atoms with E-state index in [2.05, 4.69) is 15.5 Å². The largest absolute Gasteiger partial charge is 0.351 e. The molecule has 2 aliphatic heterocycles. The smallest absolute Gasteiger partial charge is 0.228 e. The molecule has 2 saturated heterocycles. The van der Waals surface area contributed by atoms with Crippen molar-refractivity contribution in [1.29, 1.82) is 0 Å². The number of hydrogen-bond acceptors (Lipinski definition) is 3. The third-order valence-electron chi connectivity index (χ3n) is 6.11. The summed E-state index contributed by atoms with van der Waals surface area (Å²) in [5, 5.41) is 6.88. The highest BCUT2D eigenvalue weighted by molar-refractivity contribution is 5.85. The molecule has 3 atom stereocenters. The Hall–Kier alpha value is -0.0300. The zero-order chi connectivity index (χ0) is 13.6. The average molecular weight is 350 g/mol. The monoisotopic (exact) mass is 349 g/mol. The third-order valence-corrected chi connectivity index (χ3v) is 6.11. The van der Waals surface area contributed by atoms with Gasteiger partial charge in [0, 0.05) is 31.7 Å². The van der Waals surface area contributed by atoms with Gasteiger partial charge in [-0.15, -0.1) is 24.8 Å². The van der Waals surface area contributed by atoms with E-state index in [1.807, 2.05) is 0 Å². The molecule has 2 heterocycles. The van der Waals surface area contributed by atoms with E-state index >= 15 is 0 Å². The molecule has 2 saturated carbocycles. The quantitative estimate of drug-likeness (QED) is 0.818. The van der Waals surface area contributed by atoms with E-state index in [0.717, 1.165) is 38.5 Å².